The minimum atomic E-state index is -1.18. The van der Waals surface area contributed by atoms with Gasteiger partial charge in [0, 0.05) is 13.2 Å². The average Bonchev–Trinajstić information content (AvgIpc) is 2.37. The van der Waals surface area contributed by atoms with E-state index in [2.05, 4.69) is 37.7 Å². The first kappa shape index (κ1) is 14.2. The number of hydrogen-bond donors (Lipinski definition) is 0. The minimum Gasteiger partial charge on any atom is -0.363 e. The molecule has 1 rings (SSSR count). The number of rotatable bonds is 6. The van der Waals surface area contributed by atoms with E-state index in [4.69, 9.17) is 0 Å². The van der Waals surface area contributed by atoms with Crippen molar-refractivity contribution < 1.29 is 4.39 Å². The maximum atomic E-state index is 12.8. The third-order valence-corrected chi connectivity index (χ3v) is 9.57. The zero-order valence-electron chi connectivity index (χ0n) is 11.3. The standard InChI is InChI=1S/C13H23FN2Si/c1-5-17(6-2,7-3)11-16(4)13-9-8-12(14)10-15-13/h8-10H,5-7,11H2,1-4H3. The molecule has 1 aromatic heterocycles. The summed E-state index contributed by atoms with van der Waals surface area (Å²) in [6.45, 7) is 6.89. The van der Waals surface area contributed by atoms with Crippen LogP contribution in [0.2, 0.25) is 18.1 Å². The highest BCUT2D eigenvalue weighted by atomic mass is 28.3. The summed E-state index contributed by atoms with van der Waals surface area (Å²) in [5.41, 5.74) is 0. The maximum absolute atomic E-state index is 12.8. The number of hydrogen-bond acceptors (Lipinski definition) is 2. The van der Waals surface area contributed by atoms with E-state index in [1.807, 2.05) is 0 Å². The van der Waals surface area contributed by atoms with Crippen molar-refractivity contribution in [1.82, 2.24) is 4.98 Å². The Morgan fingerprint density at radius 1 is 1.18 bits per heavy atom. The van der Waals surface area contributed by atoms with Gasteiger partial charge in [-0.3, -0.25) is 0 Å². The first-order valence-electron chi connectivity index (χ1n) is 6.39. The molecule has 0 saturated heterocycles. The fourth-order valence-electron chi connectivity index (χ4n) is 2.26. The molecule has 0 bridgehead atoms. The molecule has 0 aliphatic rings. The molecule has 0 fully saturated rings. The zero-order valence-corrected chi connectivity index (χ0v) is 12.3. The summed E-state index contributed by atoms with van der Waals surface area (Å²) < 4.78 is 12.8. The van der Waals surface area contributed by atoms with Gasteiger partial charge in [-0.25, -0.2) is 9.37 Å². The van der Waals surface area contributed by atoms with Crippen LogP contribution < -0.4 is 4.90 Å². The van der Waals surface area contributed by atoms with E-state index < -0.39 is 8.07 Å². The Labute approximate surface area is 105 Å². The quantitative estimate of drug-likeness (QED) is 0.720. The van der Waals surface area contributed by atoms with Crippen molar-refractivity contribution in [2.24, 2.45) is 0 Å². The Hall–Kier alpha value is -0.903. The molecule has 0 unspecified atom stereocenters. The summed E-state index contributed by atoms with van der Waals surface area (Å²) in [6, 6.07) is 7.13. The molecule has 0 spiro atoms. The number of nitrogens with zero attached hydrogens (tertiary/aromatic N) is 2. The van der Waals surface area contributed by atoms with Gasteiger partial charge in [-0.05, 0) is 12.1 Å². The molecule has 0 radical (unpaired) electrons. The predicted molar refractivity (Wildman–Crippen MR) is 74.7 cm³/mol. The van der Waals surface area contributed by atoms with E-state index in [1.54, 1.807) is 6.07 Å². The SMILES string of the molecule is CC[Si](CC)(CC)CN(C)c1ccc(F)cn1. The highest BCUT2D eigenvalue weighted by Crippen LogP contribution is 2.23. The molecular formula is C13H23FN2Si. The fraction of sp³-hybridized carbons (Fsp3) is 0.615. The van der Waals surface area contributed by atoms with E-state index >= 15 is 0 Å². The summed E-state index contributed by atoms with van der Waals surface area (Å²) in [4.78, 5) is 6.32. The van der Waals surface area contributed by atoms with Gasteiger partial charge < -0.3 is 4.90 Å². The number of aromatic nitrogens is 1. The van der Waals surface area contributed by atoms with E-state index in [0.29, 0.717) is 0 Å². The second-order valence-corrected chi connectivity index (χ2v) is 10.2. The Morgan fingerprint density at radius 2 is 1.76 bits per heavy atom. The second kappa shape index (κ2) is 6.14. The van der Waals surface area contributed by atoms with Gasteiger partial charge in [0.2, 0.25) is 0 Å². The van der Waals surface area contributed by atoms with Crippen molar-refractivity contribution in [3.63, 3.8) is 0 Å². The van der Waals surface area contributed by atoms with Crippen LogP contribution in [0.15, 0.2) is 18.3 Å². The predicted octanol–water partition coefficient (Wildman–Crippen LogP) is 3.70. The van der Waals surface area contributed by atoms with E-state index in [1.165, 1.54) is 30.4 Å². The van der Waals surface area contributed by atoms with Gasteiger partial charge in [0.25, 0.3) is 0 Å². The average molecular weight is 254 g/mol. The van der Waals surface area contributed by atoms with Gasteiger partial charge in [-0.1, -0.05) is 38.9 Å². The number of pyridine rings is 1. The first-order chi connectivity index (χ1) is 8.06. The van der Waals surface area contributed by atoms with Gasteiger partial charge in [0.1, 0.15) is 11.6 Å². The van der Waals surface area contributed by atoms with Gasteiger partial charge in [-0.15, -0.1) is 0 Å². The topological polar surface area (TPSA) is 16.1 Å². The summed E-state index contributed by atoms with van der Waals surface area (Å²) in [6.07, 6.45) is 2.40. The lowest BCUT2D eigenvalue weighted by atomic mass is 10.4. The Bertz CT molecular complexity index is 328. The molecule has 96 valence electrons. The first-order valence-corrected chi connectivity index (χ1v) is 9.22. The smallest absolute Gasteiger partial charge is 0.141 e. The molecule has 1 heterocycles. The molecule has 0 saturated carbocycles. The molecule has 4 heteroatoms. The molecule has 0 aliphatic heterocycles. The normalized spacial score (nSPS) is 11.6. The summed E-state index contributed by atoms with van der Waals surface area (Å²) in [5.74, 6) is 0.603. The fourth-order valence-corrected chi connectivity index (χ4v) is 5.60. The van der Waals surface area contributed by atoms with Crippen molar-refractivity contribution in [2.45, 2.75) is 38.9 Å². The molecule has 17 heavy (non-hydrogen) atoms. The lowest BCUT2D eigenvalue weighted by molar-refractivity contribution is 0.621. The monoisotopic (exact) mass is 254 g/mol. The van der Waals surface area contributed by atoms with Crippen LogP contribution in [-0.2, 0) is 0 Å². The van der Waals surface area contributed by atoms with Crippen LogP contribution in [0.5, 0.6) is 0 Å². The van der Waals surface area contributed by atoms with Crippen molar-refractivity contribution in [1.29, 1.82) is 0 Å². The van der Waals surface area contributed by atoms with Crippen LogP contribution in [0.3, 0.4) is 0 Å². The van der Waals surface area contributed by atoms with Crippen molar-refractivity contribution in [3.8, 4) is 0 Å². The molecule has 0 amide bonds. The number of anilines is 1. The molecule has 0 N–H and O–H groups in total. The van der Waals surface area contributed by atoms with Gasteiger partial charge in [0.15, 0.2) is 0 Å². The van der Waals surface area contributed by atoms with Crippen molar-refractivity contribution in [3.05, 3.63) is 24.1 Å². The van der Waals surface area contributed by atoms with Crippen LogP contribution in [-0.4, -0.2) is 26.3 Å². The van der Waals surface area contributed by atoms with Crippen LogP contribution >= 0.6 is 0 Å². The summed E-state index contributed by atoms with van der Waals surface area (Å²) >= 11 is 0. The van der Waals surface area contributed by atoms with E-state index in [0.717, 1.165) is 12.0 Å². The molecule has 0 atom stereocenters. The lowest BCUT2D eigenvalue weighted by Crippen LogP contribution is -2.44. The third-order valence-electron chi connectivity index (χ3n) is 3.93. The number of halogens is 1. The summed E-state index contributed by atoms with van der Waals surface area (Å²) in [7, 11) is 0.874. The van der Waals surface area contributed by atoms with Crippen LogP contribution in [0.1, 0.15) is 20.8 Å². The Balaban J connectivity index is 2.76. The molecular weight excluding hydrogens is 231 g/mol. The highest BCUT2D eigenvalue weighted by molar-refractivity contribution is 6.80. The van der Waals surface area contributed by atoms with Crippen LogP contribution in [0, 0.1) is 5.82 Å². The van der Waals surface area contributed by atoms with Gasteiger partial charge >= 0.3 is 0 Å². The largest absolute Gasteiger partial charge is 0.363 e. The Morgan fingerprint density at radius 3 is 2.18 bits per heavy atom. The highest BCUT2D eigenvalue weighted by Gasteiger charge is 2.28. The van der Waals surface area contributed by atoms with Gasteiger partial charge in [-0.2, -0.15) is 0 Å². The second-order valence-electron chi connectivity index (χ2n) is 4.75. The molecule has 0 aromatic carbocycles. The van der Waals surface area contributed by atoms with Crippen molar-refractivity contribution in [2.75, 3.05) is 18.1 Å². The third kappa shape index (κ3) is 3.53. The van der Waals surface area contributed by atoms with E-state index in [-0.39, 0.29) is 5.82 Å². The van der Waals surface area contributed by atoms with Crippen LogP contribution in [0.25, 0.3) is 0 Å². The summed E-state index contributed by atoms with van der Waals surface area (Å²) in [5, 5.41) is 0. The molecule has 2 nitrogen and oxygen atoms in total. The lowest BCUT2D eigenvalue weighted by Gasteiger charge is -2.33. The molecule has 1 aromatic rings. The molecule has 0 aliphatic carbocycles. The van der Waals surface area contributed by atoms with Gasteiger partial charge in [0.05, 0.1) is 14.3 Å². The Kier molecular flexibility index (Phi) is 5.12. The zero-order chi connectivity index (χ0) is 12.9. The minimum absolute atomic E-state index is 0.271. The van der Waals surface area contributed by atoms with Crippen molar-refractivity contribution >= 4 is 13.9 Å². The maximum Gasteiger partial charge on any atom is 0.141 e. The van der Waals surface area contributed by atoms with E-state index in [9.17, 15) is 4.39 Å². The van der Waals surface area contributed by atoms with Crippen LogP contribution in [0.4, 0.5) is 10.2 Å².